The largest absolute Gasteiger partial charge is 0.480 e. The Morgan fingerprint density at radius 1 is 1.55 bits per heavy atom. The van der Waals surface area contributed by atoms with Crippen LogP contribution in [0.1, 0.15) is 12.5 Å². The van der Waals surface area contributed by atoms with Crippen molar-refractivity contribution >= 4 is 27.8 Å². The lowest BCUT2D eigenvalue weighted by Gasteiger charge is -2.24. The molecule has 1 aliphatic heterocycles. The molecule has 0 spiro atoms. The van der Waals surface area contributed by atoms with Crippen LogP contribution in [0.15, 0.2) is 29.2 Å². The van der Waals surface area contributed by atoms with Crippen molar-refractivity contribution < 1.29 is 18.3 Å². The van der Waals surface area contributed by atoms with Gasteiger partial charge < -0.3 is 5.11 Å². The van der Waals surface area contributed by atoms with Gasteiger partial charge in [-0.2, -0.15) is 9.57 Å². The van der Waals surface area contributed by atoms with Gasteiger partial charge in [0, 0.05) is 5.75 Å². The van der Waals surface area contributed by atoms with Crippen molar-refractivity contribution in [1.29, 1.82) is 5.26 Å². The summed E-state index contributed by atoms with van der Waals surface area (Å²) in [6, 6.07) is 6.38. The van der Waals surface area contributed by atoms with Gasteiger partial charge in [-0.1, -0.05) is 6.07 Å². The molecule has 1 heterocycles. The second kappa shape index (κ2) is 5.44. The van der Waals surface area contributed by atoms with E-state index in [-0.39, 0.29) is 16.2 Å². The molecule has 2 unspecified atom stereocenters. The van der Waals surface area contributed by atoms with Crippen LogP contribution in [0, 0.1) is 11.3 Å². The number of benzene rings is 1. The first-order chi connectivity index (χ1) is 9.37. The topological polar surface area (TPSA) is 98.5 Å². The average molecular weight is 312 g/mol. The highest BCUT2D eigenvalue weighted by Crippen LogP contribution is 2.34. The molecule has 2 rings (SSSR count). The molecule has 1 aromatic rings. The first-order valence-corrected chi connectivity index (χ1v) is 8.25. The van der Waals surface area contributed by atoms with Crippen molar-refractivity contribution in [2.75, 3.05) is 5.75 Å². The number of aliphatic carboxylic acids is 1. The molecular formula is C12H12N2O4S2. The maximum atomic E-state index is 12.6. The predicted molar refractivity (Wildman–Crippen MR) is 73.5 cm³/mol. The van der Waals surface area contributed by atoms with Crippen molar-refractivity contribution in [2.45, 2.75) is 23.2 Å². The van der Waals surface area contributed by atoms with Crippen LogP contribution in [0.2, 0.25) is 0 Å². The number of sulfonamides is 1. The molecular weight excluding hydrogens is 300 g/mol. The van der Waals surface area contributed by atoms with Gasteiger partial charge in [-0.3, -0.25) is 4.79 Å². The van der Waals surface area contributed by atoms with E-state index in [2.05, 4.69) is 0 Å². The molecule has 6 nitrogen and oxygen atoms in total. The second-order valence-corrected chi connectivity index (χ2v) is 7.45. The molecule has 2 atom stereocenters. The Hall–Kier alpha value is -1.56. The van der Waals surface area contributed by atoms with Crippen molar-refractivity contribution in [3.05, 3.63) is 29.8 Å². The predicted octanol–water partition coefficient (Wildman–Crippen LogP) is 1.09. The highest BCUT2D eigenvalue weighted by Gasteiger charge is 2.44. The highest BCUT2D eigenvalue weighted by atomic mass is 32.2. The molecule has 1 saturated heterocycles. The van der Waals surface area contributed by atoms with Gasteiger partial charge in [0.05, 0.1) is 21.9 Å². The molecule has 1 aromatic carbocycles. The summed E-state index contributed by atoms with van der Waals surface area (Å²) in [6.45, 7) is 1.65. The zero-order valence-corrected chi connectivity index (χ0v) is 12.2. The Bertz CT molecular complexity index is 681. The summed E-state index contributed by atoms with van der Waals surface area (Å²) < 4.78 is 26.1. The minimum absolute atomic E-state index is 0.0582. The number of carboxylic acids is 1. The van der Waals surface area contributed by atoms with Gasteiger partial charge in [-0.25, -0.2) is 8.42 Å². The Balaban J connectivity index is 2.48. The van der Waals surface area contributed by atoms with Crippen LogP contribution in [-0.4, -0.2) is 41.0 Å². The van der Waals surface area contributed by atoms with Gasteiger partial charge >= 0.3 is 5.97 Å². The third kappa shape index (κ3) is 2.52. The first-order valence-electron chi connectivity index (χ1n) is 5.76. The third-order valence-corrected chi connectivity index (χ3v) is 6.31. The Kier molecular flexibility index (Phi) is 4.04. The van der Waals surface area contributed by atoms with Crippen LogP contribution in [0.3, 0.4) is 0 Å². The van der Waals surface area contributed by atoms with E-state index < -0.39 is 27.4 Å². The fraction of sp³-hybridized carbons (Fsp3) is 0.333. The number of nitriles is 1. The van der Waals surface area contributed by atoms with Gasteiger partial charge in [-0.15, -0.1) is 11.8 Å². The highest BCUT2D eigenvalue weighted by molar-refractivity contribution is 8.01. The van der Waals surface area contributed by atoms with Crippen molar-refractivity contribution in [2.24, 2.45) is 0 Å². The Morgan fingerprint density at radius 3 is 2.85 bits per heavy atom. The second-order valence-electron chi connectivity index (χ2n) is 4.26. The molecule has 0 aliphatic carbocycles. The summed E-state index contributed by atoms with van der Waals surface area (Å²) in [4.78, 5) is 11.1. The van der Waals surface area contributed by atoms with Gasteiger partial charge in [0.2, 0.25) is 10.0 Å². The van der Waals surface area contributed by atoms with Gasteiger partial charge in [0.25, 0.3) is 0 Å². The smallest absolute Gasteiger partial charge is 0.322 e. The number of rotatable bonds is 3. The van der Waals surface area contributed by atoms with Gasteiger partial charge in [0.15, 0.2) is 0 Å². The number of carboxylic acid groups (broad SMARTS) is 1. The minimum Gasteiger partial charge on any atom is -0.480 e. The molecule has 20 heavy (non-hydrogen) atoms. The summed E-state index contributed by atoms with van der Waals surface area (Å²) >= 11 is 1.27. The van der Waals surface area contributed by atoms with E-state index in [0.29, 0.717) is 0 Å². The van der Waals surface area contributed by atoms with Crippen molar-refractivity contribution in [3.63, 3.8) is 0 Å². The summed E-state index contributed by atoms with van der Waals surface area (Å²) in [7, 11) is -3.93. The molecule has 0 amide bonds. The summed E-state index contributed by atoms with van der Waals surface area (Å²) in [5.41, 5.74) is 0.220. The maximum Gasteiger partial charge on any atom is 0.322 e. The normalized spacial score (nSPS) is 23.4. The van der Waals surface area contributed by atoms with E-state index in [4.69, 9.17) is 10.4 Å². The molecule has 1 fully saturated rings. The number of hydrogen-bond acceptors (Lipinski definition) is 5. The molecule has 8 heteroatoms. The average Bonchev–Trinajstić information content (AvgIpc) is 2.81. The number of carbonyl (C=O) groups is 1. The Morgan fingerprint density at radius 2 is 2.25 bits per heavy atom. The molecule has 1 aliphatic rings. The SMILES string of the molecule is CC1SCC(C(=O)O)N1S(=O)(=O)c1cccc(C#N)c1. The van der Waals surface area contributed by atoms with E-state index in [0.717, 1.165) is 4.31 Å². The number of hydrogen-bond donors (Lipinski definition) is 1. The zero-order chi connectivity index (χ0) is 14.9. The van der Waals surface area contributed by atoms with Crippen molar-refractivity contribution in [1.82, 2.24) is 4.31 Å². The summed E-state index contributed by atoms with van der Waals surface area (Å²) in [5, 5.41) is 17.5. The van der Waals surface area contributed by atoms with Crippen LogP contribution in [0.5, 0.6) is 0 Å². The molecule has 0 saturated carbocycles. The number of nitrogens with zero attached hydrogens (tertiary/aromatic N) is 2. The van der Waals surface area contributed by atoms with E-state index in [1.807, 2.05) is 6.07 Å². The lowest BCUT2D eigenvalue weighted by atomic mass is 10.2. The zero-order valence-electron chi connectivity index (χ0n) is 10.6. The van der Waals surface area contributed by atoms with Crippen molar-refractivity contribution in [3.8, 4) is 6.07 Å². The fourth-order valence-electron chi connectivity index (χ4n) is 2.02. The van der Waals surface area contributed by atoms with Crippen LogP contribution >= 0.6 is 11.8 Å². The van der Waals surface area contributed by atoms with Crippen LogP contribution in [-0.2, 0) is 14.8 Å². The van der Waals surface area contributed by atoms with Crippen LogP contribution in [0.25, 0.3) is 0 Å². The molecule has 106 valence electrons. The summed E-state index contributed by atoms with van der Waals surface area (Å²) in [5.74, 6) is -0.949. The Labute approximate surface area is 121 Å². The van der Waals surface area contributed by atoms with Crippen LogP contribution < -0.4 is 0 Å². The van der Waals surface area contributed by atoms with Gasteiger partial charge in [0.1, 0.15) is 6.04 Å². The maximum absolute atomic E-state index is 12.6. The first kappa shape index (κ1) is 14.8. The van der Waals surface area contributed by atoms with E-state index in [1.54, 1.807) is 6.92 Å². The third-order valence-electron chi connectivity index (χ3n) is 2.98. The minimum atomic E-state index is -3.93. The van der Waals surface area contributed by atoms with E-state index in [1.165, 1.54) is 36.0 Å². The molecule has 0 radical (unpaired) electrons. The fourth-order valence-corrected chi connectivity index (χ4v) is 5.36. The molecule has 0 aromatic heterocycles. The monoisotopic (exact) mass is 312 g/mol. The molecule has 1 N–H and O–H groups in total. The molecule has 0 bridgehead atoms. The quantitative estimate of drug-likeness (QED) is 0.897. The van der Waals surface area contributed by atoms with Gasteiger partial charge in [-0.05, 0) is 25.1 Å². The summed E-state index contributed by atoms with van der Waals surface area (Å²) in [6.07, 6.45) is 0. The van der Waals surface area contributed by atoms with Crippen LogP contribution in [0.4, 0.5) is 0 Å². The lowest BCUT2D eigenvalue weighted by Crippen LogP contribution is -2.44. The standard InChI is InChI=1S/C12H12N2O4S2/c1-8-14(11(7-19-8)12(15)16)20(17,18)10-4-2-3-9(5-10)6-13/h2-5,8,11H,7H2,1H3,(H,15,16). The number of thioether (sulfide) groups is 1. The lowest BCUT2D eigenvalue weighted by molar-refractivity contribution is -0.140. The van der Waals surface area contributed by atoms with E-state index in [9.17, 15) is 13.2 Å². The van der Waals surface area contributed by atoms with E-state index >= 15 is 0 Å².